The molecule has 0 heterocycles. The first kappa shape index (κ1) is 34.9. The maximum absolute atomic E-state index is 15.1. The van der Waals surface area contributed by atoms with Crippen molar-refractivity contribution in [1.29, 1.82) is 0 Å². The summed E-state index contributed by atoms with van der Waals surface area (Å²) >= 11 is 30.8. The number of benzene rings is 3. The fourth-order valence-corrected chi connectivity index (χ4v) is 5.68. The van der Waals surface area contributed by atoms with E-state index in [2.05, 4.69) is 5.32 Å². The van der Waals surface area contributed by atoms with Crippen molar-refractivity contribution in [1.82, 2.24) is 0 Å². The Bertz CT molecular complexity index is 1720. The van der Waals surface area contributed by atoms with Gasteiger partial charge in [-0.15, -0.1) is 23.2 Å². The predicted molar refractivity (Wildman–Crippen MR) is 156 cm³/mol. The molecular formula is C27H15Cl5F7N3O3. The van der Waals surface area contributed by atoms with Crippen molar-refractivity contribution in [2.24, 2.45) is 5.92 Å². The highest BCUT2D eigenvalue weighted by molar-refractivity contribution is 6.53. The van der Waals surface area contributed by atoms with Gasteiger partial charge in [-0.1, -0.05) is 40.9 Å². The van der Waals surface area contributed by atoms with Crippen molar-refractivity contribution in [3.63, 3.8) is 0 Å². The Balaban J connectivity index is 1.55. The van der Waals surface area contributed by atoms with Crippen LogP contribution in [-0.2, 0) is 9.59 Å². The number of halogens is 12. The summed E-state index contributed by atoms with van der Waals surface area (Å²) in [7, 11) is 0.292. The summed E-state index contributed by atoms with van der Waals surface area (Å²) in [6, 6.07) is 9.19. The van der Waals surface area contributed by atoms with Gasteiger partial charge in [-0.25, -0.2) is 8.78 Å². The fourth-order valence-electron chi connectivity index (χ4n) is 4.34. The second kappa shape index (κ2) is 12.3. The Labute approximate surface area is 274 Å². The fraction of sp³-hybridized carbons (Fsp3) is 0.222. The van der Waals surface area contributed by atoms with Gasteiger partial charge in [-0.3, -0.25) is 14.4 Å². The zero-order valence-electron chi connectivity index (χ0n) is 22.0. The lowest BCUT2D eigenvalue weighted by atomic mass is 10.1. The van der Waals surface area contributed by atoms with E-state index < -0.39 is 73.9 Å². The van der Waals surface area contributed by atoms with Crippen LogP contribution in [0.1, 0.15) is 21.8 Å². The molecule has 0 unspecified atom stereocenters. The average molecular weight is 740 g/mol. The molecule has 18 heteroatoms. The number of hydrogen-bond acceptors (Lipinski definition) is 3. The molecule has 1 saturated carbocycles. The van der Waals surface area contributed by atoms with Gasteiger partial charge in [0.05, 0.1) is 32.2 Å². The highest BCUT2D eigenvalue weighted by atomic mass is 35.5. The van der Waals surface area contributed by atoms with Crippen molar-refractivity contribution >= 4 is 92.8 Å². The molecule has 1 aliphatic carbocycles. The van der Waals surface area contributed by atoms with Gasteiger partial charge in [0.1, 0.15) is 15.8 Å². The highest BCUT2D eigenvalue weighted by Crippen LogP contribution is 2.65. The van der Waals surface area contributed by atoms with Crippen molar-refractivity contribution in [3.05, 3.63) is 86.4 Å². The lowest BCUT2D eigenvalue weighted by Crippen LogP contribution is -2.51. The van der Waals surface area contributed by atoms with Gasteiger partial charge in [0.2, 0.25) is 5.91 Å². The average Bonchev–Trinajstić information content (AvgIpc) is 3.53. The molecule has 0 bridgehead atoms. The van der Waals surface area contributed by atoms with Gasteiger partial charge >= 0.3 is 18.0 Å². The minimum absolute atomic E-state index is 0.00143. The highest BCUT2D eigenvalue weighted by Gasteiger charge is 2.68. The van der Waals surface area contributed by atoms with E-state index in [1.165, 1.54) is 24.3 Å². The molecule has 4 rings (SSSR count). The number of carbonyl (C=O) groups is 3. The first-order valence-electron chi connectivity index (χ1n) is 12.1. The van der Waals surface area contributed by atoms with Crippen LogP contribution in [0.3, 0.4) is 0 Å². The van der Waals surface area contributed by atoms with E-state index in [1.807, 2.05) is 5.32 Å². The topological polar surface area (TPSA) is 78.5 Å². The molecule has 2 atom stereocenters. The minimum atomic E-state index is -6.35. The molecule has 3 aromatic rings. The number of carbonyl (C=O) groups excluding carboxylic acids is 3. The van der Waals surface area contributed by atoms with Crippen molar-refractivity contribution in [2.45, 2.75) is 22.4 Å². The molecule has 0 spiro atoms. The molecule has 240 valence electrons. The number of nitrogens with one attached hydrogen (secondary N) is 2. The summed E-state index contributed by atoms with van der Waals surface area (Å²) in [4.78, 5) is 37.3. The summed E-state index contributed by atoms with van der Waals surface area (Å²) < 4.78 is 93.1. The van der Waals surface area contributed by atoms with E-state index >= 15 is 4.39 Å². The van der Waals surface area contributed by atoms with E-state index in [0.29, 0.717) is 24.7 Å². The molecule has 0 saturated heterocycles. The molecule has 0 radical (unpaired) electrons. The zero-order chi connectivity index (χ0) is 33.8. The minimum Gasteiger partial charge on any atom is -0.326 e. The van der Waals surface area contributed by atoms with Crippen molar-refractivity contribution < 1.29 is 45.1 Å². The molecule has 3 amide bonds. The second-order valence-electron chi connectivity index (χ2n) is 9.64. The molecule has 0 aromatic heterocycles. The molecule has 6 nitrogen and oxygen atoms in total. The van der Waals surface area contributed by atoms with E-state index in [4.69, 9.17) is 58.0 Å². The lowest BCUT2D eigenvalue weighted by molar-refractivity contribution is -0.268. The molecule has 1 aliphatic rings. The van der Waals surface area contributed by atoms with E-state index in [9.17, 15) is 40.7 Å². The largest absolute Gasteiger partial charge is 0.463 e. The number of amides is 3. The summed E-state index contributed by atoms with van der Waals surface area (Å²) in [5.41, 5.74) is -2.36. The Morgan fingerprint density at radius 1 is 0.844 bits per heavy atom. The smallest absolute Gasteiger partial charge is 0.326 e. The van der Waals surface area contributed by atoms with Crippen LogP contribution >= 0.6 is 58.0 Å². The van der Waals surface area contributed by atoms with Crippen LogP contribution in [0, 0.1) is 17.6 Å². The first-order chi connectivity index (χ1) is 20.7. The van der Waals surface area contributed by atoms with Crippen LogP contribution in [0.4, 0.5) is 47.8 Å². The van der Waals surface area contributed by atoms with Crippen LogP contribution in [0.25, 0.3) is 0 Å². The van der Waals surface area contributed by atoms with Crippen molar-refractivity contribution in [3.8, 4) is 0 Å². The standard InChI is InChI=1S/C27H15Cl5F7N3O3/c1-42(24(45)26(35,36)27(37,38)39)21-16(33)6-7-17(20(21)34)41-22(43)12-9-11(3-5-13(12)28)40-23(44)19-18(25(19,31)32)10-2-4-14(29)15(30)8-10/h2-9,18-19H,1H3,(H,40,44)(H,41,43)/t18-,19+/m0/s1. The molecular weight excluding hydrogens is 725 g/mol. The van der Waals surface area contributed by atoms with Gasteiger partial charge in [0.15, 0.2) is 5.82 Å². The lowest BCUT2D eigenvalue weighted by Gasteiger charge is -2.26. The van der Waals surface area contributed by atoms with Gasteiger partial charge in [-0.2, -0.15) is 22.0 Å². The maximum Gasteiger partial charge on any atom is 0.463 e. The Morgan fingerprint density at radius 2 is 1.47 bits per heavy atom. The van der Waals surface area contributed by atoms with Gasteiger partial charge in [-0.05, 0) is 48.0 Å². The predicted octanol–water partition coefficient (Wildman–Crippen LogP) is 8.86. The van der Waals surface area contributed by atoms with E-state index in [0.717, 1.165) is 6.07 Å². The molecule has 45 heavy (non-hydrogen) atoms. The Morgan fingerprint density at radius 3 is 2.07 bits per heavy atom. The third kappa shape index (κ3) is 6.64. The van der Waals surface area contributed by atoms with E-state index in [1.54, 1.807) is 6.07 Å². The summed E-state index contributed by atoms with van der Waals surface area (Å²) in [6.45, 7) is 0. The normalized spacial score (nSPS) is 17.4. The van der Waals surface area contributed by atoms with E-state index in [-0.39, 0.29) is 26.3 Å². The summed E-state index contributed by atoms with van der Waals surface area (Å²) in [5, 5.41) is 4.74. The van der Waals surface area contributed by atoms with Crippen LogP contribution in [0.5, 0.6) is 0 Å². The van der Waals surface area contributed by atoms with Crippen molar-refractivity contribution in [2.75, 3.05) is 22.6 Å². The van der Waals surface area contributed by atoms with Gasteiger partial charge in [0.25, 0.3) is 5.91 Å². The summed E-state index contributed by atoms with van der Waals surface area (Å²) in [6.07, 6.45) is -6.35. The van der Waals surface area contributed by atoms with Crippen LogP contribution in [-0.4, -0.2) is 41.2 Å². The SMILES string of the molecule is CN(C(=O)C(F)(F)C(F)(F)F)c1c(F)ccc(NC(=O)c2cc(NC(=O)[C@H]3[C@H](c4ccc(Cl)c(Cl)c4)C3(Cl)Cl)ccc2Cl)c1F. The monoisotopic (exact) mass is 737 g/mol. The molecule has 0 aliphatic heterocycles. The number of rotatable bonds is 7. The van der Waals surface area contributed by atoms with Gasteiger partial charge < -0.3 is 15.5 Å². The quantitative estimate of drug-likeness (QED) is 0.188. The third-order valence-electron chi connectivity index (χ3n) is 6.70. The third-order valence-corrected chi connectivity index (χ3v) is 8.71. The number of alkyl halides is 7. The Kier molecular flexibility index (Phi) is 9.56. The number of anilines is 3. The summed E-state index contributed by atoms with van der Waals surface area (Å²) in [5.74, 6) is -16.0. The maximum atomic E-state index is 15.1. The number of hydrogen-bond donors (Lipinski definition) is 2. The van der Waals surface area contributed by atoms with Crippen LogP contribution < -0.4 is 15.5 Å². The van der Waals surface area contributed by atoms with Crippen LogP contribution in [0.2, 0.25) is 15.1 Å². The molecule has 1 fully saturated rings. The second-order valence-corrected chi connectivity index (χ2v) is 12.3. The van der Waals surface area contributed by atoms with Gasteiger partial charge in [0, 0.05) is 18.7 Å². The molecule has 2 N–H and O–H groups in total. The van der Waals surface area contributed by atoms with Crippen LogP contribution in [0.15, 0.2) is 48.5 Å². The first-order valence-corrected chi connectivity index (χ1v) is 14.0. The Hall–Kier alpha value is -2.97. The molecule has 3 aromatic carbocycles. The zero-order valence-corrected chi connectivity index (χ0v) is 25.8. The number of nitrogens with zero attached hydrogens (tertiary/aromatic N) is 1.